The predicted molar refractivity (Wildman–Crippen MR) is 116 cm³/mol. The number of nitrogens with one attached hydrogen (secondary N) is 1. The van der Waals surface area contributed by atoms with Gasteiger partial charge >= 0.3 is 0 Å². The van der Waals surface area contributed by atoms with Crippen LogP contribution in [0.1, 0.15) is 35.3 Å². The molecule has 154 valence electrons. The molecule has 4 rings (SSSR count). The third kappa shape index (κ3) is 4.43. The molecule has 3 aromatic rings. The number of aryl methyl sites for hydroxylation is 1. The van der Waals surface area contributed by atoms with Gasteiger partial charge in [0.25, 0.3) is 11.6 Å². The summed E-state index contributed by atoms with van der Waals surface area (Å²) in [6.07, 6.45) is 3.27. The fraction of sp³-hybridized carbons (Fsp3) is 0.409. The van der Waals surface area contributed by atoms with Crippen LogP contribution in [0.5, 0.6) is 0 Å². The minimum absolute atomic E-state index is 0. The van der Waals surface area contributed by atoms with Gasteiger partial charge in [0.1, 0.15) is 0 Å². The summed E-state index contributed by atoms with van der Waals surface area (Å²) in [7, 11) is 1.99. The average Bonchev–Trinajstić information content (AvgIpc) is 3.13. The lowest BCUT2D eigenvalue weighted by Gasteiger charge is -2.32. The highest BCUT2D eigenvalue weighted by Gasteiger charge is 2.27. The monoisotopic (exact) mass is 414 g/mol. The topological polar surface area (TPSA) is 71.3 Å². The van der Waals surface area contributed by atoms with Crippen molar-refractivity contribution in [2.45, 2.75) is 26.2 Å². The molecular formula is C22H27ClN4O2. The van der Waals surface area contributed by atoms with Crippen LogP contribution in [-0.2, 0) is 0 Å². The minimum atomic E-state index is 0. The van der Waals surface area contributed by atoms with Gasteiger partial charge in [-0.25, -0.2) is 4.98 Å². The van der Waals surface area contributed by atoms with Crippen molar-refractivity contribution in [3.05, 3.63) is 47.7 Å². The van der Waals surface area contributed by atoms with Gasteiger partial charge in [0, 0.05) is 18.7 Å². The van der Waals surface area contributed by atoms with Crippen LogP contribution < -0.4 is 5.32 Å². The van der Waals surface area contributed by atoms with Gasteiger partial charge in [0.2, 0.25) is 0 Å². The summed E-state index contributed by atoms with van der Waals surface area (Å²) in [5.41, 5.74) is 3.45. The molecule has 0 bridgehead atoms. The van der Waals surface area contributed by atoms with Crippen molar-refractivity contribution in [3.63, 3.8) is 0 Å². The maximum Gasteiger partial charge on any atom is 0.259 e. The Bertz CT molecular complexity index is 966. The number of nitrogens with zero attached hydrogens (tertiary/aromatic N) is 3. The number of pyridine rings is 1. The van der Waals surface area contributed by atoms with E-state index in [1.54, 1.807) is 0 Å². The number of rotatable bonds is 5. The Hall–Kier alpha value is -2.44. The summed E-state index contributed by atoms with van der Waals surface area (Å²) < 4.78 is 5.41. The van der Waals surface area contributed by atoms with Gasteiger partial charge in [0.05, 0.1) is 22.3 Å². The second-order valence-corrected chi connectivity index (χ2v) is 7.50. The van der Waals surface area contributed by atoms with Gasteiger partial charge < -0.3 is 14.7 Å². The lowest BCUT2D eigenvalue weighted by atomic mass is 9.93. The van der Waals surface area contributed by atoms with Crippen molar-refractivity contribution < 1.29 is 9.32 Å². The normalized spacial score (nSPS) is 14.8. The zero-order valence-electron chi connectivity index (χ0n) is 16.9. The van der Waals surface area contributed by atoms with E-state index >= 15 is 0 Å². The molecule has 1 aliphatic rings. The van der Waals surface area contributed by atoms with Crippen molar-refractivity contribution in [3.8, 4) is 11.3 Å². The van der Waals surface area contributed by atoms with Crippen LogP contribution in [0.4, 0.5) is 0 Å². The number of hydrogen-bond acceptors (Lipinski definition) is 5. The molecule has 1 amide bonds. The largest absolute Gasteiger partial charge is 0.339 e. The standard InChI is InChI=1S/C22H26N4O2.ClH/c1-15-20-18(22(27)26-12-9-16(10-13-26)8-11-23-2)14-19(24-21(20)28-25-15)17-6-4-3-5-7-17;/h3-7,14,16,23H,8-13H2,1-2H3;1H. The van der Waals surface area contributed by atoms with E-state index in [0.717, 1.165) is 49.1 Å². The Morgan fingerprint density at radius 1 is 1.24 bits per heavy atom. The van der Waals surface area contributed by atoms with Gasteiger partial charge in [-0.1, -0.05) is 35.5 Å². The second-order valence-electron chi connectivity index (χ2n) is 7.50. The molecule has 7 heteroatoms. The number of halogens is 1. The number of aromatic nitrogens is 2. The zero-order chi connectivity index (χ0) is 19.5. The lowest BCUT2D eigenvalue weighted by Crippen LogP contribution is -2.39. The Morgan fingerprint density at radius 2 is 1.97 bits per heavy atom. The average molecular weight is 415 g/mol. The van der Waals surface area contributed by atoms with Gasteiger partial charge in [-0.05, 0) is 51.8 Å². The Morgan fingerprint density at radius 3 is 2.66 bits per heavy atom. The summed E-state index contributed by atoms with van der Waals surface area (Å²) in [5.74, 6) is 0.731. The van der Waals surface area contributed by atoms with E-state index in [0.29, 0.717) is 22.9 Å². The van der Waals surface area contributed by atoms with Crippen molar-refractivity contribution in [1.82, 2.24) is 20.4 Å². The number of amides is 1. The van der Waals surface area contributed by atoms with Gasteiger partial charge in [-0.3, -0.25) is 4.79 Å². The summed E-state index contributed by atoms with van der Waals surface area (Å²) in [6.45, 7) is 4.48. The number of carbonyl (C=O) groups excluding carboxylic acids is 1. The molecule has 1 fully saturated rings. The van der Waals surface area contributed by atoms with Crippen molar-refractivity contribution >= 4 is 29.4 Å². The first kappa shape index (κ1) is 21.3. The molecule has 3 heterocycles. The van der Waals surface area contributed by atoms with Crippen LogP contribution in [-0.4, -0.2) is 47.6 Å². The van der Waals surface area contributed by atoms with Crippen LogP contribution in [0.2, 0.25) is 0 Å². The molecule has 0 saturated carbocycles. The number of fused-ring (bicyclic) bond motifs is 1. The van der Waals surface area contributed by atoms with E-state index in [1.807, 2.05) is 55.3 Å². The summed E-state index contributed by atoms with van der Waals surface area (Å²) in [5, 5.41) is 7.99. The minimum Gasteiger partial charge on any atom is -0.339 e. The first-order valence-corrected chi connectivity index (χ1v) is 9.93. The van der Waals surface area contributed by atoms with Crippen LogP contribution in [0, 0.1) is 12.8 Å². The first-order valence-electron chi connectivity index (χ1n) is 9.93. The molecule has 0 spiro atoms. The van der Waals surface area contributed by atoms with Gasteiger partial charge in [-0.15, -0.1) is 12.4 Å². The molecule has 1 aliphatic heterocycles. The van der Waals surface area contributed by atoms with Crippen molar-refractivity contribution in [2.24, 2.45) is 5.92 Å². The maximum absolute atomic E-state index is 13.4. The van der Waals surface area contributed by atoms with Gasteiger partial charge in [-0.2, -0.15) is 0 Å². The molecule has 29 heavy (non-hydrogen) atoms. The molecular weight excluding hydrogens is 388 g/mol. The molecule has 1 saturated heterocycles. The summed E-state index contributed by atoms with van der Waals surface area (Å²) in [4.78, 5) is 19.9. The number of likely N-dealkylation sites (tertiary alicyclic amines) is 1. The highest BCUT2D eigenvalue weighted by molar-refractivity contribution is 6.07. The Kier molecular flexibility index (Phi) is 6.87. The zero-order valence-corrected chi connectivity index (χ0v) is 17.7. The Labute approximate surface area is 177 Å². The van der Waals surface area contributed by atoms with E-state index in [1.165, 1.54) is 6.42 Å². The third-order valence-electron chi connectivity index (χ3n) is 5.62. The SMILES string of the molecule is CNCCC1CCN(C(=O)c2cc(-c3ccccc3)nc3onc(C)c23)CC1.Cl. The van der Waals surface area contributed by atoms with E-state index in [2.05, 4.69) is 15.5 Å². The molecule has 2 aromatic heterocycles. The summed E-state index contributed by atoms with van der Waals surface area (Å²) in [6, 6.07) is 11.7. The van der Waals surface area contributed by atoms with E-state index in [4.69, 9.17) is 4.52 Å². The van der Waals surface area contributed by atoms with Crippen molar-refractivity contribution in [2.75, 3.05) is 26.7 Å². The van der Waals surface area contributed by atoms with E-state index in [-0.39, 0.29) is 18.3 Å². The maximum atomic E-state index is 13.4. The van der Waals surface area contributed by atoms with E-state index < -0.39 is 0 Å². The van der Waals surface area contributed by atoms with Crippen LogP contribution in [0.15, 0.2) is 40.9 Å². The predicted octanol–water partition coefficient (Wildman–Crippen LogP) is 4.08. The smallest absolute Gasteiger partial charge is 0.259 e. The lowest BCUT2D eigenvalue weighted by molar-refractivity contribution is 0.0689. The fourth-order valence-electron chi connectivity index (χ4n) is 3.96. The molecule has 1 N–H and O–H groups in total. The highest BCUT2D eigenvalue weighted by atomic mass is 35.5. The van der Waals surface area contributed by atoms with E-state index in [9.17, 15) is 4.79 Å². The van der Waals surface area contributed by atoms with Crippen LogP contribution in [0.25, 0.3) is 22.4 Å². The van der Waals surface area contributed by atoms with Crippen molar-refractivity contribution in [1.29, 1.82) is 0 Å². The van der Waals surface area contributed by atoms with Crippen LogP contribution >= 0.6 is 12.4 Å². The van der Waals surface area contributed by atoms with Gasteiger partial charge in [0.15, 0.2) is 0 Å². The number of hydrogen-bond donors (Lipinski definition) is 1. The second kappa shape index (κ2) is 9.37. The Balaban J connectivity index is 0.00000240. The first-order chi connectivity index (χ1) is 13.7. The number of piperidine rings is 1. The highest BCUT2D eigenvalue weighted by Crippen LogP contribution is 2.29. The summed E-state index contributed by atoms with van der Waals surface area (Å²) >= 11 is 0. The fourth-order valence-corrected chi connectivity index (χ4v) is 3.96. The third-order valence-corrected chi connectivity index (χ3v) is 5.62. The molecule has 1 aromatic carbocycles. The van der Waals surface area contributed by atoms with Crippen LogP contribution in [0.3, 0.4) is 0 Å². The molecule has 0 aliphatic carbocycles. The molecule has 6 nitrogen and oxygen atoms in total. The number of carbonyl (C=O) groups is 1. The quantitative estimate of drug-likeness (QED) is 0.681. The molecule has 0 radical (unpaired) electrons. The molecule has 0 atom stereocenters. The number of benzene rings is 1. The molecule has 0 unspecified atom stereocenters.